The van der Waals surface area contributed by atoms with E-state index >= 15 is 0 Å². The lowest BCUT2D eigenvalue weighted by Crippen LogP contribution is -2.11. The third kappa shape index (κ3) is 1.09. The molecule has 78 valence electrons. The van der Waals surface area contributed by atoms with Gasteiger partial charge in [0.05, 0.1) is 10.0 Å². The molecule has 0 spiro atoms. The average Bonchev–Trinajstić information content (AvgIpc) is 2.72. The molecule has 2 aromatic heterocycles. The molecule has 0 N–H and O–H groups in total. The van der Waals surface area contributed by atoms with E-state index in [2.05, 4.69) is 37.7 Å². The van der Waals surface area contributed by atoms with Gasteiger partial charge in [0.25, 0.3) is 0 Å². The van der Waals surface area contributed by atoms with Crippen molar-refractivity contribution >= 4 is 22.7 Å². The number of aromatic nitrogens is 2. The molecule has 0 unspecified atom stereocenters. The Morgan fingerprint density at radius 3 is 1.67 bits per heavy atom. The summed E-state index contributed by atoms with van der Waals surface area (Å²) in [5.74, 6) is 0. The van der Waals surface area contributed by atoms with Gasteiger partial charge in [-0.3, -0.25) is 0 Å². The first-order valence-corrected chi connectivity index (χ1v) is 6.59. The maximum absolute atomic E-state index is 4.60. The van der Waals surface area contributed by atoms with Gasteiger partial charge < -0.3 is 0 Å². The molecule has 0 atom stereocenters. The SMILES string of the molecule is Cc1nc2c(s1)C(C)(C)c1sc(C)nc1-2. The van der Waals surface area contributed by atoms with Crippen LogP contribution < -0.4 is 0 Å². The van der Waals surface area contributed by atoms with E-state index in [1.807, 2.05) is 0 Å². The molecule has 3 rings (SSSR count). The molecule has 0 saturated heterocycles. The van der Waals surface area contributed by atoms with Gasteiger partial charge >= 0.3 is 0 Å². The molecule has 1 aliphatic rings. The van der Waals surface area contributed by atoms with Crippen LogP contribution in [0.15, 0.2) is 0 Å². The number of hydrogen-bond donors (Lipinski definition) is 0. The van der Waals surface area contributed by atoms with Crippen LogP contribution in [-0.2, 0) is 5.41 Å². The zero-order valence-electron chi connectivity index (χ0n) is 9.21. The van der Waals surface area contributed by atoms with Crippen LogP contribution in [0.25, 0.3) is 11.4 Å². The Morgan fingerprint density at radius 2 is 1.27 bits per heavy atom. The fourth-order valence-corrected chi connectivity index (χ4v) is 4.25. The van der Waals surface area contributed by atoms with Crippen molar-refractivity contribution < 1.29 is 0 Å². The minimum absolute atomic E-state index is 0.114. The summed E-state index contributed by atoms with van der Waals surface area (Å²) in [6.45, 7) is 8.68. The fraction of sp³-hybridized carbons (Fsp3) is 0.455. The highest BCUT2D eigenvalue weighted by Gasteiger charge is 2.41. The lowest BCUT2D eigenvalue weighted by Gasteiger charge is -2.16. The van der Waals surface area contributed by atoms with Crippen molar-refractivity contribution in [3.8, 4) is 11.4 Å². The summed E-state index contributed by atoms with van der Waals surface area (Å²) in [7, 11) is 0. The summed E-state index contributed by atoms with van der Waals surface area (Å²) in [5, 5.41) is 2.29. The molecule has 2 aromatic rings. The Bertz CT molecular complexity index is 501. The summed E-state index contributed by atoms with van der Waals surface area (Å²) in [4.78, 5) is 12.0. The topological polar surface area (TPSA) is 25.8 Å². The normalized spacial score (nSPS) is 16.5. The van der Waals surface area contributed by atoms with Crippen molar-refractivity contribution in [2.75, 3.05) is 0 Å². The lowest BCUT2D eigenvalue weighted by molar-refractivity contribution is 0.688. The first-order chi connectivity index (χ1) is 7.00. The van der Waals surface area contributed by atoms with Crippen molar-refractivity contribution in [1.82, 2.24) is 9.97 Å². The van der Waals surface area contributed by atoms with E-state index in [1.165, 1.54) is 9.75 Å². The highest BCUT2D eigenvalue weighted by Crippen LogP contribution is 2.52. The number of rotatable bonds is 0. The molecule has 0 aliphatic heterocycles. The maximum atomic E-state index is 4.60. The van der Waals surface area contributed by atoms with E-state index in [0.29, 0.717) is 0 Å². The van der Waals surface area contributed by atoms with Crippen LogP contribution in [0.4, 0.5) is 0 Å². The Kier molecular flexibility index (Phi) is 1.70. The van der Waals surface area contributed by atoms with Crippen molar-refractivity contribution in [3.63, 3.8) is 0 Å². The van der Waals surface area contributed by atoms with Crippen molar-refractivity contribution in [2.45, 2.75) is 33.1 Å². The van der Waals surface area contributed by atoms with Gasteiger partial charge in [-0.2, -0.15) is 0 Å². The minimum Gasteiger partial charge on any atom is -0.240 e. The zero-order valence-corrected chi connectivity index (χ0v) is 10.8. The minimum atomic E-state index is 0.114. The van der Waals surface area contributed by atoms with Crippen LogP contribution in [0.1, 0.15) is 33.6 Å². The molecule has 0 saturated carbocycles. The van der Waals surface area contributed by atoms with Gasteiger partial charge in [0.1, 0.15) is 11.4 Å². The summed E-state index contributed by atoms with van der Waals surface area (Å²) >= 11 is 3.61. The van der Waals surface area contributed by atoms with Gasteiger partial charge in [-0.1, -0.05) is 0 Å². The number of fused-ring (bicyclic) bond motifs is 3. The highest BCUT2D eigenvalue weighted by molar-refractivity contribution is 7.14. The number of thiazole rings is 2. The van der Waals surface area contributed by atoms with Gasteiger partial charge in [0.15, 0.2) is 0 Å². The second-order valence-electron chi connectivity index (χ2n) is 4.45. The molecule has 15 heavy (non-hydrogen) atoms. The molecule has 4 heteroatoms. The second-order valence-corrected chi connectivity index (χ2v) is 6.85. The molecule has 2 heterocycles. The first kappa shape index (κ1) is 9.48. The Balaban J connectivity index is 2.38. The van der Waals surface area contributed by atoms with E-state index in [9.17, 15) is 0 Å². The van der Waals surface area contributed by atoms with Crippen LogP contribution >= 0.6 is 22.7 Å². The van der Waals surface area contributed by atoms with E-state index in [4.69, 9.17) is 0 Å². The largest absolute Gasteiger partial charge is 0.240 e. The number of aryl methyl sites for hydroxylation is 2. The Morgan fingerprint density at radius 1 is 0.867 bits per heavy atom. The van der Waals surface area contributed by atoms with E-state index in [1.54, 1.807) is 22.7 Å². The third-order valence-corrected chi connectivity index (χ3v) is 5.42. The van der Waals surface area contributed by atoms with Gasteiger partial charge in [0.2, 0.25) is 0 Å². The predicted octanol–water partition coefficient (Wildman–Crippen LogP) is 3.52. The monoisotopic (exact) mass is 236 g/mol. The number of hydrogen-bond acceptors (Lipinski definition) is 4. The van der Waals surface area contributed by atoms with E-state index in [-0.39, 0.29) is 5.41 Å². The summed E-state index contributed by atoms with van der Waals surface area (Å²) in [6.07, 6.45) is 0. The van der Waals surface area contributed by atoms with Gasteiger partial charge in [-0.05, 0) is 27.7 Å². The molecule has 2 nitrogen and oxygen atoms in total. The second kappa shape index (κ2) is 2.68. The van der Waals surface area contributed by atoms with E-state index < -0.39 is 0 Å². The molecular formula is C11H12N2S2. The third-order valence-electron chi connectivity index (χ3n) is 2.83. The molecule has 0 bridgehead atoms. The average molecular weight is 236 g/mol. The number of nitrogens with zero attached hydrogens (tertiary/aromatic N) is 2. The van der Waals surface area contributed by atoms with Crippen molar-refractivity contribution in [2.24, 2.45) is 0 Å². The highest BCUT2D eigenvalue weighted by atomic mass is 32.1. The quantitative estimate of drug-likeness (QED) is 0.699. The van der Waals surface area contributed by atoms with Crippen molar-refractivity contribution in [3.05, 3.63) is 19.8 Å². The lowest BCUT2D eigenvalue weighted by atomic mass is 9.94. The Labute approximate surface area is 97.0 Å². The van der Waals surface area contributed by atoms with Crippen LogP contribution in [-0.4, -0.2) is 9.97 Å². The first-order valence-electron chi connectivity index (χ1n) is 4.96. The van der Waals surface area contributed by atoms with Crippen LogP contribution in [0.5, 0.6) is 0 Å². The van der Waals surface area contributed by atoms with Gasteiger partial charge in [-0.15, -0.1) is 22.7 Å². The molecule has 0 amide bonds. The van der Waals surface area contributed by atoms with Gasteiger partial charge in [0, 0.05) is 15.2 Å². The molecule has 0 fully saturated rings. The maximum Gasteiger partial charge on any atom is 0.105 e. The molecular weight excluding hydrogens is 224 g/mol. The van der Waals surface area contributed by atoms with E-state index in [0.717, 1.165) is 21.4 Å². The summed E-state index contributed by atoms with van der Waals surface area (Å²) < 4.78 is 0. The smallest absolute Gasteiger partial charge is 0.105 e. The summed E-state index contributed by atoms with van der Waals surface area (Å²) in [6, 6.07) is 0. The molecule has 0 radical (unpaired) electrons. The molecule has 0 aromatic carbocycles. The van der Waals surface area contributed by atoms with Gasteiger partial charge in [-0.25, -0.2) is 9.97 Å². The van der Waals surface area contributed by atoms with Crippen molar-refractivity contribution in [1.29, 1.82) is 0 Å². The van der Waals surface area contributed by atoms with Crippen LogP contribution in [0.2, 0.25) is 0 Å². The predicted molar refractivity (Wildman–Crippen MR) is 64.8 cm³/mol. The molecule has 1 aliphatic carbocycles. The van der Waals surface area contributed by atoms with Crippen LogP contribution in [0.3, 0.4) is 0 Å². The standard InChI is InChI=1S/C11H12N2S2/c1-5-12-7-8-10(15-6(2)13-8)11(3,4)9(7)14-5/h1-4H3. The Hall–Kier alpha value is -0.740. The fourth-order valence-electron chi connectivity index (χ4n) is 2.13. The summed E-state index contributed by atoms with van der Waals surface area (Å²) in [5.41, 5.74) is 2.37. The zero-order chi connectivity index (χ0) is 10.8. The van der Waals surface area contributed by atoms with Crippen LogP contribution in [0, 0.1) is 13.8 Å².